The fraction of sp³-hybridized carbons (Fsp3) is 0.462. The Hall–Kier alpha value is -1.84. The molecular formula is C13H16N4O4S. The molecule has 1 aliphatic heterocycles. The second kappa shape index (κ2) is 6.95. The zero-order valence-electron chi connectivity index (χ0n) is 12.3. The quantitative estimate of drug-likeness (QED) is 0.732. The van der Waals surface area contributed by atoms with E-state index in [1.807, 2.05) is 18.2 Å². The van der Waals surface area contributed by atoms with Crippen LogP contribution in [0.15, 0.2) is 23.4 Å². The monoisotopic (exact) mass is 324 g/mol. The normalized spacial score (nSPS) is 15.2. The second-order valence-electron chi connectivity index (χ2n) is 4.39. The molecule has 1 aromatic heterocycles. The Morgan fingerprint density at radius 2 is 2.09 bits per heavy atom. The van der Waals surface area contributed by atoms with E-state index in [0.717, 1.165) is 0 Å². The van der Waals surface area contributed by atoms with Gasteiger partial charge in [-0.2, -0.15) is 4.68 Å². The Kier molecular flexibility index (Phi) is 4.76. The zero-order valence-corrected chi connectivity index (χ0v) is 13.1. The average molecular weight is 324 g/mol. The van der Waals surface area contributed by atoms with Crippen molar-refractivity contribution in [3.05, 3.63) is 18.2 Å². The molecule has 0 N–H and O–H groups in total. The molecule has 3 rings (SSSR count). The second-order valence-corrected chi connectivity index (χ2v) is 5.38. The van der Waals surface area contributed by atoms with E-state index in [9.17, 15) is 0 Å². The molecule has 1 saturated heterocycles. The van der Waals surface area contributed by atoms with Gasteiger partial charge in [0.2, 0.25) is 5.16 Å². The van der Waals surface area contributed by atoms with Gasteiger partial charge >= 0.3 is 0 Å². The molecule has 2 heterocycles. The lowest BCUT2D eigenvalue weighted by Gasteiger charge is -2.12. The Morgan fingerprint density at radius 1 is 1.27 bits per heavy atom. The van der Waals surface area contributed by atoms with E-state index in [1.165, 1.54) is 11.8 Å². The molecule has 0 radical (unpaired) electrons. The summed E-state index contributed by atoms with van der Waals surface area (Å²) < 4.78 is 23.1. The number of tetrazole rings is 1. The summed E-state index contributed by atoms with van der Waals surface area (Å²) in [5, 5.41) is 12.4. The van der Waals surface area contributed by atoms with E-state index in [-0.39, 0.29) is 6.29 Å². The highest BCUT2D eigenvalue weighted by molar-refractivity contribution is 7.99. The summed E-state index contributed by atoms with van der Waals surface area (Å²) in [5.41, 5.74) is 0.711. The van der Waals surface area contributed by atoms with Gasteiger partial charge in [-0.05, 0) is 22.6 Å². The van der Waals surface area contributed by atoms with Crippen LogP contribution in [-0.2, 0) is 9.47 Å². The van der Waals surface area contributed by atoms with Crippen molar-refractivity contribution in [2.24, 2.45) is 0 Å². The van der Waals surface area contributed by atoms with Crippen LogP contribution in [0, 0.1) is 0 Å². The smallest absolute Gasteiger partial charge is 0.214 e. The third-order valence-electron chi connectivity index (χ3n) is 3.09. The third kappa shape index (κ3) is 3.16. The minimum absolute atomic E-state index is 0.220. The lowest BCUT2D eigenvalue weighted by atomic mass is 10.3. The Morgan fingerprint density at radius 3 is 2.82 bits per heavy atom. The summed E-state index contributed by atoms with van der Waals surface area (Å²) in [4.78, 5) is 0. The highest BCUT2D eigenvalue weighted by Gasteiger charge is 2.20. The van der Waals surface area contributed by atoms with Gasteiger partial charge in [-0.25, -0.2) is 0 Å². The Labute approximate surface area is 131 Å². The van der Waals surface area contributed by atoms with Crippen LogP contribution in [0.1, 0.15) is 0 Å². The number of aromatic nitrogens is 4. The molecule has 118 valence electrons. The van der Waals surface area contributed by atoms with Crippen molar-refractivity contribution in [1.29, 1.82) is 0 Å². The van der Waals surface area contributed by atoms with Gasteiger partial charge in [0.15, 0.2) is 6.29 Å². The Bertz CT molecular complexity index is 630. The van der Waals surface area contributed by atoms with E-state index in [4.69, 9.17) is 18.9 Å². The number of ether oxygens (including phenoxy) is 4. The number of nitrogens with zero attached hydrogens (tertiary/aromatic N) is 4. The molecule has 1 fully saturated rings. The molecule has 0 bridgehead atoms. The average Bonchev–Trinajstić information content (AvgIpc) is 3.23. The molecule has 9 heteroatoms. The number of rotatable bonds is 6. The number of thioether (sulfide) groups is 1. The van der Waals surface area contributed by atoms with Crippen molar-refractivity contribution in [2.75, 3.05) is 33.2 Å². The van der Waals surface area contributed by atoms with Gasteiger partial charge in [0.1, 0.15) is 17.2 Å². The molecule has 0 spiro atoms. The lowest BCUT2D eigenvalue weighted by molar-refractivity contribution is -0.0215. The van der Waals surface area contributed by atoms with Gasteiger partial charge < -0.3 is 18.9 Å². The van der Waals surface area contributed by atoms with Crippen LogP contribution in [0.2, 0.25) is 0 Å². The van der Waals surface area contributed by atoms with Crippen LogP contribution in [0.4, 0.5) is 0 Å². The van der Waals surface area contributed by atoms with Gasteiger partial charge in [0.25, 0.3) is 0 Å². The minimum atomic E-state index is -0.220. The molecular weight excluding hydrogens is 308 g/mol. The molecule has 1 aromatic carbocycles. The number of methoxy groups -OCH3 is 2. The topological polar surface area (TPSA) is 80.5 Å². The fourth-order valence-corrected chi connectivity index (χ4v) is 2.86. The maximum atomic E-state index is 5.41. The standard InChI is InChI=1S/C13H16N4O4S/c1-18-9-3-4-11(19-2)10(7-9)17-13(14-15-16-17)22-8-12-20-5-6-21-12/h3-4,7,12H,5-6,8H2,1-2H3. The summed E-state index contributed by atoms with van der Waals surface area (Å²) in [6.45, 7) is 1.25. The van der Waals surface area contributed by atoms with E-state index < -0.39 is 0 Å². The third-order valence-corrected chi connectivity index (χ3v) is 4.05. The summed E-state index contributed by atoms with van der Waals surface area (Å²) in [5.74, 6) is 1.97. The Balaban J connectivity index is 1.84. The first-order valence-electron chi connectivity index (χ1n) is 6.68. The molecule has 0 aliphatic carbocycles. The zero-order chi connectivity index (χ0) is 15.4. The van der Waals surface area contributed by atoms with Gasteiger partial charge in [0, 0.05) is 6.07 Å². The predicted molar refractivity (Wildman–Crippen MR) is 78.7 cm³/mol. The van der Waals surface area contributed by atoms with Crippen LogP contribution < -0.4 is 9.47 Å². The molecule has 8 nitrogen and oxygen atoms in total. The van der Waals surface area contributed by atoms with Crippen molar-refractivity contribution >= 4 is 11.8 Å². The van der Waals surface area contributed by atoms with Gasteiger partial charge in [-0.15, -0.1) is 5.10 Å². The van der Waals surface area contributed by atoms with Crippen LogP contribution >= 0.6 is 11.8 Å². The summed E-state index contributed by atoms with van der Waals surface area (Å²) >= 11 is 1.46. The minimum Gasteiger partial charge on any atom is -0.497 e. The van der Waals surface area contributed by atoms with Crippen LogP contribution in [-0.4, -0.2) is 59.7 Å². The molecule has 0 saturated carbocycles. The fourth-order valence-electron chi connectivity index (χ4n) is 2.03. The number of hydrogen-bond donors (Lipinski definition) is 0. The summed E-state index contributed by atoms with van der Waals surface area (Å²) in [7, 11) is 3.21. The number of benzene rings is 1. The van der Waals surface area contributed by atoms with Crippen molar-refractivity contribution in [3.63, 3.8) is 0 Å². The number of hydrogen-bond acceptors (Lipinski definition) is 8. The predicted octanol–water partition coefficient (Wildman–Crippen LogP) is 1.14. The van der Waals surface area contributed by atoms with Crippen molar-refractivity contribution < 1.29 is 18.9 Å². The largest absolute Gasteiger partial charge is 0.497 e. The first kappa shape index (κ1) is 15.1. The highest BCUT2D eigenvalue weighted by atomic mass is 32.2. The molecule has 0 amide bonds. The maximum absolute atomic E-state index is 5.41. The highest BCUT2D eigenvalue weighted by Crippen LogP contribution is 2.30. The van der Waals surface area contributed by atoms with E-state index >= 15 is 0 Å². The molecule has 22 heavy (non-hydrogen) atoms. The van der Waals surface area contributed by atoms with Crippen molar-refractivity contribution in [1.82, 2.24) is 20.2 Å². The van der Waals surface area contributed by atoms with E-state index in [2.05, 4.69) is 15.5 Å². The molecule has 2 aromatic rings. The molecule has 1 aliphatic rings. The maximum Gasteiger partial charge on any atom is 0.214 e. The molecule has 0 atom stereocenters. The summed E-state index contributed by atoms with van der Waals surface area (Å²) in [6, 6.07) is 5.45. The summed E-state index contributed by atoms with van der Waals surface area (Å²) in [6.07, 6.45) is -0.220. The van der Waals surface area contributed by atoms with Crippen molar-refractivity contribution in [3.8, 4) is 17.2 Å². The lowest BCUT2D eigenvalue weighted by Crippen LogP contribution is -2.11. The van der Waals surface area contributed by atoms with Gasteiger partial charge in [-0.3, -0.25) is 0 Å². The first-order valence-corrected chi connectivity index (χ1v) is 7.67. The SMILES string of the molecule is COc1ccc(OC)c(-n2nnnc2SCC2OCCO2)c1. The van der Waals surface area contributed by atoms with E-state index in [0.29, 0.717) is 41.3 Å². The van der Waals surface area contributed by atoms with Crippen LogP contribution in [0.5, 0.6) is 11.5 Å². The van der Waals surface area contributed by atoms with E-state index in [1.54, 1.807) is 18.9 Å². The van der Waals surface area contributed by atoms with Gasteiger partial charge in [-0.1, -0.05) is 11.8 Å². The van der Waals surface area contributed by atoms with Crippen LogP contribution in [0.25, 0.3) is 5.69 Å². The molecule has 0 unspecified atom stereocenters. The van der Waals surface area contributed by atoms with Gasteiger partial charge in [0.05, 0.1) is 33.2 Å². The van der Waals surface area contributed by atoms with Crippen molar-refractivity contribution in [2.45, 2.75) is 11.4 Å². The van der Waals surface area contributed by atoms with Crippen LogP contribution in [0.3, 0.4) is 0 Å². The first-order chi connectivity index (χ1) is 10.8.